The third kappa shape index (κ3) is 5.42. The summed E-state index contributed by atoms with van der Waals surface area (Å²) < 4.78 is 32.8. The molecule has 4 aromatic rings. The van der Waals surface area contributed by atoms with Gasteiger partial charge in [0.15, 0.2) is 0 Å². The molecule has 11 heteroatoms. The van der Waals surface area contributed by atoms with Gasteiger partial charge >= 0.3 is 0 Å². The van der Waals surface area contributed by atoms with Gasteiger partial charge < -0.3 is 15.8 Å². The van der Waals surface area contributed by atoms with Crippen molar-refractivity contribution in [1.82, 2.24) is 4.98 Å². The van der Waals surface area contributed by atoms with Crippen molar-refractivity contribution in [3.63, 3.8) is 0 Å². The number of hydrogen-bond acceptors (Lipinski definition) is 8. The van der Waals surface area contributed by atoms with Gasteiger partial charge in [0.1, 0.15) is 5.75 Å². The maximum absolute atomic E-state index is 12.4. The van der Waals surface area contributed by atoms with Crippen LogP contribution in [-0.2, 0) is 10.0 Å². The van der Waals surface area contributed by atoms with Crippen LogP contribution in [0.3, 0.4) is 0 Å². The number of nitro benzene ring substituents is 1. The van der Waals surface area contributed by atoms with Gasteiger partial charge in [0.2, 0.25) is 10.0 Å². The minimum atomic E-state index is -3.52. The van der Waals surface area contributed by atoms with Crippen molar-refractivity contribution in [2.75, 3.05) is 29.4 Å². The highest BCUT2D eigenvalue weighted by Gasteiger charge is 2.16. The van der Waals surface area contributed by atoms with E-state index in [1.165, 1.54) is 19.2 Å². The van der Waals surface area contributed by atoms with E-state index in [4.69, 9.17) is 10.5 Å². The number of benzene rings is 3. The molecule has 0 bridgehead atoms. The van der Waals surface area contributed by atoms with Crippen LogP contribution >= 0.6 is 0 Å². The molecule has 35 heavy (non-hydrogen) atoms. The smallest absolute Gasteiger partial charge is 0.271 e. The lowest BCUT2D eigenvalue weighted by Crippen LogP contribution is -2.17. The summed E-state index contributed by atoms with van der Waals surface area (Å²) in [6.07, 6.45) is 1.10. The Balaban J connectivity index is 1.73. The van der Waals surface area contributed by atoms with Gasteiger partial charge in [-0.15, -0.1) is 0 Å². The van der Waals surface area contributed by atoms with E-state index in [1.807, 2.05) is 24.3 Å². The summed E-state index contributed by atoms with van der Waals surface area (Å²) in [5, 5.41) is 16.1. The van der Waals surface area contributed by atoms with Crippen LogP contribution in [0, 0.1) is 10.1 Å². The van der Waals surface area contributed by atoms with Crippen LogP contribution in [0.4, 0.5) is 22.7 Å². The Kier molecular flexibility index (Phi) is 6.99. The largest absolute Gasteiger partial charge is 0.494 e. The number of nitrogens with one attached hydrogen (secondary N) is 2. The number of sulfonamides is 1. The topological polar surface area (TPSA) is 149 Å². The van der Waals surface area contributed by atoms with E-state index in [1.54, 1.807) is 24.3 Å². The number of unbranched alkanes of at least 4 members (excludes halogenated alkanes) is 1. The molecule has 0 unspecified atom stereocenters. The molecule has 10 nitrogen and oxygen atoms in total. The van der Waals surface area contributed by atoms with E-state index < -0.39 is 14.9 Å². The van der Waals surface area contributed by atoms with E-state index in [-0.39, 0.29) is 11.4 Å². The van der Waals surface area contributed by atoms with Crippen molar-refractivity contribution in [1.29, 1.82) is 0 Å². The quantitative estimate of drug-likeness (QED) is 0.126. The fraction of sp³-hybridized carbons (Fsp3) is 0.208. The maximum atomic E-state index is 12.4. The molecule has 0 saturated heterocycles. The third-order valence-corrected chi connectivity index (χ3v) is 6.85. The Bertz CT molecular complexity index is 1510. The Morgan fingerprint density at radius 2 is 1.80 bits per heavy atom. The molecule has 1 heterocycles. The minimum Gasteiger partial charge on any atom is -0.494 e. The zero-order valence-electron chi connectivity index (χ0n) is 19.0. The van der Waals surface area contributed by atoms with Crippen molar-refractivity contribution >= 4 is 54.6 Å². The van der Waals surface area contributed by atoms with E-state index in [0.29, 0.717) is 58.6 Å². The molecule has 0 saturated carbocycles. The Morgan fingerprint density at radius 3 is 2.54 bits per heavy atom. The van der Waals surface area contributed by atoms with Crippen molar-refractivity contribution in [3.05, 3.63) is 70.8 Å². The number of ether oxygens (including phenoxy) is 1. The fourth-order valence-electron chi connectivity index (χ4n) is 3.79. The molecular weight excluding hydrogens is 470 g/mol. The van der Waals surface area contributed by atoms with Crippen molar-refractivity contribution in [2.45, 2.75) is 12.8 Å². The predicted molar refractivity (Wildman–Crippen MR) is 138 cm³/mol. The number of rotatable bonds is 10. The molecule has 0 amide bonds. The van der Waals surface area contributed by atoms with Crippen LogP contribution in [0.5, 0.6) is 5.75 Å². The summed E-state index contributed by atoms with van der Waals surface area (Å²) in [5.74, 6) is 0.399. The van der Waals surface area contributed by atoms with Crippen LogP contribution < -0.4 is 20.5 Å². The number of fused-ring (bicyclic) bond motifs is 2. The zero-order chi connectivity index (χ0) is 25.0. The van der Waals surface area contributed by atoms with Crippen molar-refractivity contribution in [2.24, 2.45) is 5.73 Å². The molecule has 182 valence electrons. The number of pyridine rings is 1. The van der Waals surface area contributed by atoms with Gasteiger partial charge in [-0.25, -0.2) is 13.4 Å². The van der Waals surface area contributed by atoms with E-state index in [9.17, 15) is 18.5 Å². The van der Waals surface area contributed by atoms with Gasteiger partial charge in [0.05, 0.1) is 45.9 Å². The van der Waals surface area contributed by atoms with E-state index in [0.717, 1.165) is 5.39 Å². The molecule has 0 spiro atoms. The van der Waals surface area contributed by atoms with Crippen LogP contribution in [0.15, 0.2) is 60.7 Å². The molecule has 0 aliphatic rings. The van der Waals surface area contributed by atoms with Crippen LogP contribution in [0.1, 0.15) is 12.8 Å². The number of non-ortho nitro benzene ring substituents is 1. The summed E-state index contributed by atoms with van der Waals surface area (Å²) in [6.45, 7) is 0.440. The van der Waals surface area contributed by atoms with E-state index in [2.05, 4.69) is 15.0 Å². The lowest BCUT2D eigenvalue weighted by molar-refractivity contribution is -0.384. The zero-order valence-corrected chi connectivity index (χ0v) is 19.8. The van der Waals surface area contributed by atoms with Gasteiger partial charge in [0, 0.05) is 29.0 Å². The molecule has 4 rings (SSSR count). The van der Waals surface area contributed by atoms with Gasteiger partial charge in [-0.05, 0) is 43.7 Å². The average molecular weight is 496 g/mol. The normalized spacial score (nSPS) is 11.5. The summed E-state index contributed by atoms with van der Waals surface area (Å²) in [7, 11) is -2.02. The lowest BCUT2D eigenvalue weighted by atomic mass is 10.1. The number of anilines is 3. The highest BCUT2D eigenvalue weighted by Crippen LogP contribution is 2.38. The SMILES string of the molecule is COc1cc(NS(=O)(=O)CCCCN)ccc1Nc1c2ccccc2nc2cc([N+](=O)[O-])ccc12. The first kappa shape index (κ1) is 24.2. The second-order valence-corrected chi connectivity index (χ2v) is 9.76. The lowest BCUT2D eigenvalue weighted by Gasteiger charge is -2.17. The number of para-hydroxylation sites is 1. The van der Waals surface area contributed by atoms with Gasteiger partial charge in [-0.3, -0.25) is 14.8 Å². The van der Waals surface area contributed by atoms with Gasteiger partial charge in [-0.2, -0.15) is 0 Å². The Morgan fingerprint density at radius 1 is 1.03 bits per heavy atom. The summed E-state index contributed by atoms with van der Waals surface area (Å²) >= 11 is 0. The number of hydrogen-bond donors (Lipinski definition) is 3. The second kappa shape index (κ2) is 10.1. The Hall–Kier alpha value is -3.96. The van der Waals surface area contributed by atoms with Crippen molar-refractivity contribution in [3.8, 4) is 5.75 Å². The fourth-order valence-corrected chi connectivity index (χ4v) is 4.96. The number of aromatic nitrogens is 1. The number of nitrogens with zero attached hydrogens (tertiary/aromatic N) is 2. The summed E-state index contributed by atoms with van der Waals surface area (Å²) in [6, 6.07) is 16.9. The minimum absolute atomic E-state index is 0.0202. The summed E-state index contributed by atoms with van der Waals surface area (Å²) in [5.41, 5.74) is 8.21. The first-order valence-corrected chi connectivity index (χ1v) is 12.6. The van der Waals surface area contributed by atoms with Crippen molar-refractivity contribution < 1.29 is 18.1 Å². The molecular formula is C24H25N5O5S. The standard InChI is InChI=1S/C24H25N5O5S/c1-34-23-14-16(28-35(32,33)13-5-4-12-25)8-11-21(23)27-24-18-6-2-3-7-20(18)26-22-15-17(29(30)31)9-10-19(22)24/h2-3,6-11,14-15,28H,4-5,12-13,25H2,1H3,(H,26,27). The molecule has 0 atom stereocenters. The average Bonchev–Trinajstić information content (AvgIpc) is 2.84. The molecule has 0 aliphatic carbocycles. The molecule has 3 aromatic carbocycles. The van der Waals surface area contributed by atoms with Crippen LogP contribution in [-0.4, -0.2) is 37.7 Å². The molecule has 0 aliphatic heterocycles. The van der Waals surface area contributed by atoms with E-state index >= 15 is 0 Å². The Labute approximate surface area is 202 Å². The monoisotopic (exact) mass is 495 g/mol. The van der Waals surface area contributed by atoms with Gasteiger partial charge in [0.25, 0.3) is 5.69 Å². The van der Waals surface area contributed by atoms with Crippen LogP contribution in [0.2, 0.25) is 0 Å². The van der Waals surface area contributed by atoms with Crippen LogP contribution in [0.25, 0.3) is 21.8 Å². The van der Waals surface area contributed by atoms with Gasteiger partial charge in [-0.1, -0.05) is 18.2 Å². The molecule has 1 aromatic heterocycles. The first-order valence-electron chi connectivity index (χ1n) is 10.9. The number of nitro groups is 1. The highest BCUT2D eigenvalue weighted by molar-refractivity contribution is 7.92. The molecule has 0 radical (unpaired) electrons. The highest BCUT2D eigenvalue weighted by atomic mass is 32.2. The predicted octanol–water partition coefficient (Wildman–Crippen LogP) is 4.53. The first-order chi connectivity index (χ1) is 16.8. The third-order valence-electron chi connectivity index (χ3n) is 5.48. The number of methoxy groups -OCH3 is 1. The number of nitrogens with two attached hydrogens (primary N) is 1. The molecule has 4 N–H and O–H groups in total. The second-order valence-electron chi connectivity index (χ2n) is 7.92. The summed E-state index contributed by atoms with van der Waals surface area (Å²) in [4.78, 5) is 15.4. The maximum Gasteiger partial charge on any atom is 0.271 e. The molecule has 0 fully saturated rings.